The second kappa shape index (κ2) is 8.32. The minimum absolute atomic E-state index is 0.155. The lowest BCUT2D eigenvalue weighted by Crippen LogP contribution is -2.44. The van der Waals surface area contributed by atoms with E-state index in [2.05, 4.69) is 16.9 Å². The molecule has 1 fully saturated rings. The Morgan fingerprint density at radius 2 is 2.27 bits per heavy atom. The summed E-state index contributed by atoms with van der Waals surface area (Å²) in [5.41, 5.74) is 1.62. The first-order valence-corrected chi connectivity index (χ1v) is 8.51. The standard InChI is InChI=1S/C17H29N3O2/c1-4-10-19-13-16(14(2)18-19)17(21)20-11-6-5-8-15(20)9-7-12-22-3/h13,15H,4-12H2,1-3H3. The molecule has 2 heterocycles. The van der Waals surface area contributed by atoms with Crippen LogP contribution in [0, 0.1) is 6.92 Å². The highest BCUT2D eigenvalue weighted by Crippen LogP contribution is 2.24. The van der Waals surface area contributed by atoms with Gasteiger partial charge in [-0.2, -0.15) is 5.10 Å². The predicted molar refractivity (Wildman–Crippen MR) is 87.0 cm³/mol. The lowest BCUT2D eigenvalue weighted by Gasteiger charge is -2.35. The average molecular weight is 307 g/mol. The summed E-state index contributed by atoms with van der Waals surface area (Å²) in [6, 6.07) is 0.352. The first-order valence-electron chi connectivity index (χ1n) is 8.51. The summed E-state index contributed by atoms with van der Waals surface area (Å²) in [6.07, 6.45) is 8.42. The second-order valence-corrected chi connectivity index (χ2v) is 6.17. The van der Waals surface area contributed by atoms with Crippen LogP contribution in [0.15, 0.2) is 6.20 Å². The van der Waals surface area contributed by atoms with Crippen molar-refractivity contribution >= 4 is 5.91 Å². The molecule has 124 valence electrons. The molecule has 1 saturated heterocycles. The zero-order valence-electron chi connectivity index (χ0n) is 14.2. The predicted octanol–water partition coefficient (Wildman–Crippen LogP) is 3.02. The van der Waals surface area contributed by atoms with E-state index < -0.39 is 0 Å². The van der Waals surface area contributed by atoms with E-state index in [0.29, 0.717) is 6.04 Å². The summed E-state index contributed by atoms with van der Waals surface area (Å²) < 4.78 is 7.04. The second-order valence-electron chi connectivity index (χ2n) is 6.17. The van der Waals surface area contributed by atoms with Gasteiger partial charge in [0.1, 0.15) is 0 Å². The van der Waals surface area contributed by atoms with Gasteiger partial charge in [-0.15, -0.1) is 0 Å². The van der Waals surface area contributed by atoms with Gasteiger partial charge in [0.15, 0.2) is 0 Å². The van der Waals surface area contributed by atoms with Gasteiger partial charge >= 0.3 is 0 Å². The van der Waals surface area contributed by atoms with Gasteiger partial charge in [0, 0.05) is 39.0 Å². The summed E-state index contributed by atoms with van der Waals surface area (Å²) in [6.45, 7) is 6.56. The third-order valence-electron chi connectivity index (χ3n) is 4.40. The highest BCUT2D eigenvalue weighted by molar-refractivity contribution is 5.95. The number of methoxy groups -OCH3 is 1. The van der Waals surface area contributed by atoms with Crippen LogP contribution in [0.1, 0.15) is 61.5 Å². The highest BCUT2D eigenvalue weighted by Gasteiger charge is 2.28. The minimum atomic E-state index is 0.155. The van der Waals surface area contributed by atoms with Gasteiger partial charge in [-0.1, -0.05) is 6.92 Å². The minimum Gasteiger partial charge on any atom is -0.385 e. The van der Waals surface area contributed by atoms with Crippen molar-refractivity contribution in [1.82, 2.24) is 14.7 Å². The monoisotopic (exact) mass is 307 g/mol. The van der Waals surface area contributed by atoms with Crippen LogP contribution in [-0.4, -0.2) is 46.9 Å². The molecule has 1 unspecified atom stereocenters. The van der Waals surface area contributed by atoms with Crippen molar-refractivity contribution in [3.8, 4) is 0 Å². The number of carbonyl (C=O) groups is 1. The van der Waals surface area contributed by atoms with E-state index >= 15 is 0 Å². The number of hydrogen-bond donors (Lipinski definition) is 0. The van der Waals surface area contributed by atoms with E-state index in [1.54, 1.807) is 7.11 Å². The third-order valence-corrected chi connectivity index (χ3v) is 4.40. The maximum atomic E-state index is 12.9. The molecule has 5 heteroatoms. The number of rotatable bonds is 7. The number of aryl methyl sites for hydroxylation is 2. The number of piperidine rings is 1. The topological polar surface area (TPSA) is 47.4 Å². The van der Waals surface area contributed by atoms with Crippen LogP contribution in [-0.2, 0) is 11.3 Å². The van der Waals surface area contributed by atoms with Crippen LogP contribution < -0.4 is 0 Å². The number of carbonyl (C=O) groups excluding carboxylic acids is 1. The molecule has 1 aliphatic rings. The smallest absolute Gasteiger partial charge is 0.257 e. The molecule has 22 heavy (non-hydrogen) atoms. The Hall–Kier alpha value is -1.36. The molecule has 0 N–H and O–H groups in total. The van der Waals surface area contributed by atoms with E-state index in [1.807, 2.05) is 17.8 Å². The van der Waals surface area contributed by atoms with Crippen LogP contribution in [0.3, 0.4) is 0 Å². The Morgan fingerprint density at radius 1 is 1.45 bits per heavy atom. The summed E-state index contributed by atoms with van der Waals surface area (Å²) in [5.74, 6) is 0.155. The van der Waals surface area contributed by atoms with Crippen LogP contribution in [0.2, 0.25) is 0 Å². The van der Waals surface area contributed by atoms with Crippen LogP contribution in [0.4, 0.5) is 0 Å². The molecule has 1 amide bonds. The average Bonchev–Trinajstić information content (AvgIpc) is 2.88. The van der Waals surface area contributed by atoms with Crippen LogP contribution >= 0.6 is 0 Å². The van der Waals surface area contributed by atoms with Gasteiger partial charge in [0.25, 0.3) is 5.91 Å². The largest absolute Gasteiger partial charge is 0.385 e. The molecule has 0 radical (unpaired) electrons. The molecule has 0 saturated carbocycles. The summed E-state index contributed by atoms with van der Waals surface area (Å²) in [7, 11) is 1.73. The summed E-state index contributed by atoms with van der Waals surface area (Å²) in [4.78, 5) is 15.0. The van der Waals surface area contributed by atoms with E-state index in [1.165, 1.54) is 6.42 Å². The Labute approximate surface area is 133 Å². The van der Waals surface area contributed by atoms with Crippen molar-refractivity contribution in [2.45, 2.75) is 65.0 Å². The first kappa shape index (κ1) is 17.0. The summed E-state index contributed by atoms with van der Waals surface area (Å²) in [5, 5.41) is 4.47. The molecule has 1 atom stereocenters. The van der Waals surface area contributed by atoms with Gasteiger partial charge in [-0.05, 0) is 45.4 Å². The van der Waals surface area contributed by atoms with Gasteiger partial charge in [-0.25, -0.2) is 0 Å². The van der Waals surface area contributed by atoms with Crippen molar-refractivity contribution in [2.24, 2.45) is 0 Å². The van der Waals surface area contributed by atoms with Gasteiger partial charge in [-0.3, -0.25) is 9.48 Å². The van der Waals surface area contributed by atoms with Crippen LogP contribution in [0.25, 0.3) is 0 Å². The van der Waals surface area contributed by atoms with E-state index in [-0.39, 0.29) is 5.91 Å². The molecule has 0 bridgehead atoms. The van der Waals surface area contributed by atoms with Crippen molar-refractivity contribution in [2.75, 3.05) is 20.3 Å². The Balaban J connectivity index is 2.07. The molecule has 1 aromatic heterocycles. The number of aromatic nitrogens is 2. The van der Waals surface area contributed by atoms with Crippen molar-refractivity contribution < 1.29 is 9.53 Å². The molecule has 5 nitrogen and oxygen atoms in total. The number of nitrogens with zero attached hydrogens (tertiary/aromatic N) is 3. The zero-order chi connectivity index (χ0) is 15.9. The number of likely N-dealkylation sites (tertiary alicyclic amines) is 1. The highest BCUT2D eigenvalue weighted by atomic mass is 16.5. The Bertz CT molecular complexity index is 484. The molecular weight excluding hydrogens is 278 g/mol. The third kappa shape index (κ3) is 4.09. The maximum Gasteiger partial charge on any atom is 0.257 e. The van der Waals surface area contributed by atoms with Gasteiger partial charge in [0.2, 0.25) is 0 Å². The Kier molecular flexibility index (Phi) is 6.43. The fraction of sp³-hybridized carbons (Fsp3) is 0.765. The lowest BCUT2D eigenvalue weighted by molar-refractivity contribution is 0.0584. The molecule has 0 aliphatic carbocycles. The van der Waals surface area contributed by atoms with E-state index in [0.717, 1.165) is 63.1 Å². The van der Waals surface area contributed by atoms with E-state index in [4.69, 9.17) is 4.74 Å². The van der Waals surface area contributed by atoms with Crippen molar-refractivity contribution in [3.05, 3.63) is 17.5 Å². The molecule has 1 aliphatic heterocycles. The summed E-state index contributed by atoms with van der Waals surface area (Å²) >= 11 is 0. The number of amides is 1. The quantitative estimate of drug-likeness (QED) is 0.728. The van der Waals surface area contributed by atoms with Gasteiger partial charge < -0.3 is 9.64 Å². The molecule has 2 rings (SSSR count). The van der Waals surface area contributed by atoms with Gasteiger partial charge in [0.05, 0.1) is 11.3 Å². The van der Waals surface area contributed by atoms with Crippen LogP contribution in [0.5, 0.6) is 0 Å². The number of hydrogen-bond acceptors (Lipinski definition) is 3. The fourth-order valence-corrected chi connectivity index (χ4v) is 3.26. The Morgan fingerprint density at radius 3 is 3.00 bits per heavy atom. The molecule has 0 aromatic carbocycles. The SMILES string of the molecule is CCCn1cc(C(=O)N2CCCCC2CCCOC)c(C)n1. The lowest BCUT2D eigenvalue weighted by atomic mass is 9.97. The van der Waals surface area contributed by atoms with E-state index in [9.17, 15) is 4.79 Å². The zero-order valence-corrected chi connectivity index (χ0v) is 14.2. The molecule has 1 aromatic rings. The molecular formula is C17H29N3O2. The first-order chi connectivity index (χ1) is 10.7. The van der Waals surface area contributed by atoms with Crippen molar-refractivity contribution in [3.63, 3.8) is 0 Å². The normalized spacial score (nSPS) is 18.7. The van der Waals surface area contributed by atoms with Crippen molar-refractivity contribution in [1.29, 1.82) is 0 Å². The number of ether oxygens (including phenoxy) is 1. The maximum absolute atomic E-state index is 12.9. The fourth-order valence-electron chi connectivity index (χ4n) is 3.26. The molecule has 0 spiro atoms.